The summed E-state index contributed by atoms with van der Waals surface area (Å²) >= 11 is 5.13. The minimum Gasteiger partial charge on any atom is -0.545 e. The van der Waals surface area contributed by atoms with E-state index in [-0.39, 0.29) is 10.7 Å². The maximum Gasteiger partial charge on any atom is 0.257 e. The van der Waals surface area contributed by atoms with E-state index in [2.05, 4.69) is 10.6 Å². The molecule has 0 spiro atoms. The summed E-state index contributed by atoms with van der Waals surface area (Å²) in [6, 6.07) is 22.4. The van der Waals surface area contributed by atoms with E-state index in [1.54, 1.807) is 36.4 Å². The normalized spacial score (nSPS) is 10.1. The third kappa shape index (κ3) is 5.88. The molecule has 0 heterocycles. The van der Waals surface area contributed by atoms with Gasteiger partial charge in [0, 0.05) is 11.3 Å². The number of carbonyl (C=O) groups is 2. The van der Waals surface area contributed by atoms with Crippen LogP contribution in [-0.2, 0) is 6.61 Å². The summed E-state index contributed by atoms with van der Waals surface area (Å²) in [6.07, 6.45) is 0. The highest BCUT2D eigenvalue weighted by Crippen LogP contribution is 2.15. The first-order chi connectivity index (χ1) is 14.0. The number of anilines is 1. The highest BCUT2D eigenvalue weighted by molar-refractivity contribution is 7.80. The summed E-state index contributed by atoms with van der Waals surface area (Å²) in [7, 11) is 0. The van der Waals surface area contributed by atoms with E-state index in [0.717, 1.165) is 5.56 Å². The molecule has 0 radical (unpaired) electrons. The van der Waals surface area contributed by atoms with E-state index in [0.29, 0.717) is 23.6 Å². The van der Waals surface area contributed by atoms with Gasteiger partial charge in [0.25, 0.3) is 5.91 Å². The fourth-order valence-corrected chi connectivity index (χ4v) is 2.74. The highest BCUT2D eigenvalue weighted by Gasteiger charge is 2.10. The maximum atomic E-state index is 12.4. The molecule has 0 saturated heterocycles. The zero-order valence-corrected chi connectivity index (χ0v) is 16.1. The number of aromatic carboxylic acids is 1. The van der Waals surface area contributed by atoms with Gasteiger partial charge < -0.3 is 20.0 Å². The smallest absolute Gasteiger partial charge is 0.257 e. The minimum absolute atomic E-state index is 0.00684. The van der Waals surface area contributed by atoms with Gasteiger partial charge in [-0.1, -0.05) is 48.5 Å². The first-order valence-electron chi connectivity index (χ1n) is 8.72. The average molecular weight is 405 g/mol. The topological polar surface area (TPSA) is 90.5 Å². The van der Waals surface area contributed by atoms with Gasteiger partial charge in [0.1, 0.15) is 12.4 Å². The number of ether oxygens (including phenoxy) is 1. The van der Waals surface area contributed by atoms with Crippen LogP contribution in [0.25, 0.3) is 0 Å². The zero-order valence-electron chi connectivity index (χ0n) is 15.3. The Morgan fingerprint density at radius 3 is 2.38 bits per heavy atom. The second kappa shape index (κ2) is 9.48. The van der Waals surface area contributed by atoms with Gasteiger partial charge in [0.15, 0.2) is 5.11 Å². The lowest BCUT2D eigenvalue weighted by molar-refractivity contribution is -0.255. The number of hydrogen-bond donors (Lipinski definition) is 2. The van der Waals surface area contributed by atoms with Crippen molar-refractivity contribution in [2.24, 2.45) is 0 Å². The lowest BCUT2D eigenvalue weighted by Crippen LogP contribution is -2.34. The summed E-state index contributed by atoms with van der Waals surface area (Å²) < 4.78 is 5.73. The Balaban J connectivity index is 1.59. The van der Waals surface area contributed by atoms with Crippen molar-refractivity contribution in [1.82, 2.24) is 5.32 Å². The molecule has 2 N–H and O–H groups in total. The molecule has 0 atom stereocenters. The third-order valence-corrected chi connectivity index (χ3v) is 4.13. The predicted molar refractivity (Wildman–Crippen MR) is 112 cm³/mol. The van der Waals surface area contributed by atoms with Crippen LogP contribution in [0.15, 0.2) is 78.9 Å². The van der Waals surface area contributed by atoms with Crippen molar-refractivity contribution in [3.63, 3.8) is 0 Å². The SMILES string of the molecule is O=C([O-])c1cccc(NC(=S)NC(=O)c2cccc(OCc3ccccc3)c2)c1. The van der Waals surface area contributed by atoms with Crippen LogP contribution in [0.5, 0.6) is 5.75 Å². The number of carboxylic acids is 1. The van der Waals surface area contributed by atoms with Gasteiger partial charge in [-0.3, -0.25) is 10.1 Å². The average Bonchev–Trinajstić information content (AvgIpc) is 2.73. The molecule has 0 aromatic heterocycles. The monoisotopic (exact) mass is 405 g/mol. The second-order valence-electron chi connectivity index (χ2n) is 6.08. The van der Waals surface area contributed by atoms with Gasteiger partial charge >= 0.3 is 0 Å². The van der Waals surface area contributed by atoms with E-state index in [9.17, 15) is 14.7 Å². The van der Waals surface area contributed by atoms with Crippen LogP contribution in [0.2, 0.25) is 0 Å². The molecule has 0 aliphatic heterocycles. The van der Waals surface area contributed by atoms with Gasteiger partial charge in [-0.25, -0.2) is 0 Å². The largest absolute Gasteiger partial charge is 0.545 e. The van der Waals surface area contributed by atoms with Gasteiger partial charge in [-0.2, -0.15) is 0 Å². The van der Waals surface area contributed by atoms with Crippen molar-refractivity contribution in [3.05, 3.63) is 95.6 Å². The summed E-state index contributed by atoms with van der Waals surface area (Å²) in [5.74, 6) is -1.15. The summed E-state index contributed by atoms with van der Waals surface area (Å²) in [5, 5.41) is 16.3. The number of nitrogens with one attached hydrogen (secondary N) is 2. The Bertz CT molecular complexity index is 1040. The molecule has 0 saturated carbocycles. The molecule has 3 aromatic rings. The fraction of sp³-hybridized carbons (Fsp3) is 0.0455. The number of thiocarbonyl (C=S) groups is 1. The van der Waals surface area contributed by atoms with E-state index >= 15 is 0 Å². The number of carboxylic acid groups (broad SMARTS) is 1. The Labute approximate surface area is 173 Å². The number of amides is 1. The molecule has 6 nitrogen and oxygen atoms in total. The molecule has 0 fully saturated rings. The first kappa shape index (κ1) is 20.0. The molecule has 0 aliphatic carbocycles. The number of rotatable bonds is 6. The van der Waals surface area contributed by atoms with E-state index in [1.807, 2.05) is 30.3 Å². The van der Waals surface area contributed by atoms with Crippen LogP contribution in [-0.4, -0.2) is 17.0 Å². The third-order valence-electron chi connectivity index (χ3n) is 3.93. The van der Waals surface area contributed by atoms with Crippen LogP contribution in [0, 0.1) is 0 Å². The van der Waals surface area contributed by atoms with Crippen molar-refractivity contribution >= 4 is 34.9 Å². The highest BCUT2D eigenvalue weighted by atomic mass is 32.1. The zero-order chi connectivity index (χ0) is 20.6. The molecule has 29 heavy (non-hydrogen) atoms. The van der Waals surface area contributed by atoms with Crippen LogP contribution >= 0.6 is 12.2 Å². The Kier molecular flexibility index (Phi) is 6.55. The van der Waals surface area contributed by atoms with E-state index < -0.39 is 11.9 Å². The summed E-state index contributed by atoms with van der Waals surface area (Å²) in [4.78, 5) is 23.4. The van der Waals surface area contributed by atoms with Crippen LogP contribution in [0.3, 0.4) is 0 Å². The molecule has 3 aromatic carbocycles. The summed E-state index contributed by atoms with van der Waals surface area (Å²) in [6.45, 7) is 0.390. The van der Waals surface area contributed by atoms with Gasteiger partial charge in [-0.15, -0.1) is 0 Å². The van der Waals surface area contributed by atoms with Gasteiger partial charge in [0.05, 0.1) is 5.97 Å². The standard InChI is InChI=1S/C22H18N2O4S/c25-20(24-22(29)23-18-10-4-9-17(12-18)21(26)27)16-8-5-11-19(13-16)28-14-15-6-2-1-3-7-15/h1-13H,14H2,(H,26,27)(H2,23,24,25,29)/p-1. The molecule has 7 heteroatoms. The molecule has 0 bridgehead atoms. The van der Waals surface area contributed by atoms with Gasteiger partial charge in [-0.05, 0) is 53.7 Å². The maximum absolute atomic E-state index is 12.4. The Morgan fingerprint density at radius 1 is 0.897 bits per heavy atom. The molecule has 0 unspecified atom stereocenters. The Hall–Kier alpha value is -3.71. The lowest BCUT2D eigenvalue weighted by atomic mass is 10.2. The fourth-order valence-electron chi connectivity index (χ4n) is 2.53. The number of hydrogen-bond acceptors (Lipinski definition) is 5. The van der Waals surface area contributed by atoms with E-state index in [4.69, 9.17) is 17.0 Å². The molecular weight excluding hydrogens is 388 g/mol. The molecule has 0 aliphatic rings. The minimum atomic E-state index is -1.30. The van der Waals surface area contributed by atoms with Crippen molar-refractivity contribution in [2.75, 3.05) is 5.32 Å². The predicted octanol–water partition coefficient (Wildman–Crippen LogP) is 2.76. The summed E-state index contributed by atoms with van der Waals surface area (Å²) in [5.41, 5.74) is 1.83. The van der Waals surface area contributed by atoms with Crippen LogP contribution < -0.4 is 20.5 Å². The van der Waals surface area contributed by atoms with Crippen LogP contribution in [0.4, 0.5) is 5.69 Å². The van der Waals surface area contributed by atoms with Crippen molar-refractivity contribution in [2.45, 2.75) is 6.61 Å². The number of carbonyl (C=O) groups excluding carboxylic acids is 2. The van der Waals surface area contributed by atoms with Crippen LogP contribution in [0.1, 0.15) is 26.3 Å². The number of benzene rings is 3. The molecule has 3 rings (SSSR count). The van der Waals surface area contributed by atoms with Gasteiger partial charge in [0.2, 0.25) is 0 Å². The lowest BCUT2D eigenvalue weighted by Gasteiger charge is -2.12. The second-order valence-corrected chi connectivity index (χ2v) is 6.49. The van der Waals surface area contributed by atoms with Crippen molar-refractivity contribution in [3.8, 4) is 5.75 Å². The molecular formula is C22H17N2O4S-. The van der Waals surface area contributed by atoms with Crippen molar-refractivity contribution in [1.29, 1.82) is 0 Å². The molecule has 146 valence electrons. The molecule has 1 amide bonds. The first-order valence-corrected chi connectivity index (χ1v) is 9.12. The van der Waals surface area contributed by atoms with Crippen molar-refractivity contribution < 1.29 is 19.4 Å². The quantitative estimate of drug-likeness (QED) is 0.613. The van der Waals surface area contributed by atoms with E-state index in [1.165, 1.54) is 12.1 Å². The Morgan fingerprint density at radius 2 is 1.62 bits per heavy atom.